The SMILES string of the molecule is CC(C)(C)OC(=O)NC1CCC(/C(=N\N)c2ccc[nH]2)CC1. The first-order valence-electron chi connectivity index (χ1n) is 7.80. The molecular formula is C16H26N4O2. The Balaban J connectivity index is 1.84. The van der Waals surface area contributed by atoms with E-state index in [1.54, 1.807) is 0 Å². The highest BCUT2D eigenvalue weighted by molar-refractivity contribution is 6.00. The molecule has 0 spiro atoms. The third kappa shape index (κ3) is 4.51. The van der Waals surface area contributed by atoms with Gasteiger partial charge in [0.1, 0.15) is 5.60 Å². The molecule has 1 aromatic rings. The van der Waals surface area contributed by atoms with Crippen molar-refractivity contribution < 1.29 is 9.53 Å². The zero-order chi connectivity index (χ0) is 16.2. The van der Waals surface area contributed by atoms with Crippen molar-refractivity contribution >= 4 is 11.8 Å². The van der Waals surface area contributed by atoms with Gasteiger partial charge in [0.05, 0.1) is 11.4 Å². The lowest BCUT2D eigenvalue weighted by atomic mass is 9.82. The molecule has 122 valence electrons. The number of carbonyl (C=O) groups is 1. The summed E-state index contributed by atoms with van der Waals surface area (Å²) in [5, 5.41) is 6.91. The van der Waals surface area contributed by atoms with E-state index in [2.05, 4.69) is 15.4 Å². The molecule has 1 aliphatic carbocycles. The Kier molecular flexibility index (Phi) is 5.11. The molecule has 1 amide bonds. The van der Waals surface area contributed by atoms with Gasteiger partial charge in [-0.15, -0.1) is 0 Å². The van der Waals surface area contributed by atoms with Crippen molar-refractivity contribution in [3.8, 4) is 0 Å². The number of aromatic nitrogens is 1. The molecule has 1 aromatic heterocycles. The maximum absolute atomic E-state index is 11.8. The monoisotopic (exact) mass is 306 g/mol. The van der Waals surface area contributed by atoms with E-state index >= 15 is 0 Å². The molecule has 0 aromatic carbocycles. The Morgan fingerprint density at radius 3 is 2.55 bits per heavy atom. The summed E-state index contributed by atoms with van der Waals surface area (Å²) in [7, 11) is 0. The van der Waals surface area contributed by atoms with Crippen molar-refractivity contribution in [3.05, 3.63) is 24.0 Å². The van der Waals surface area contributed by atoms with Gasteiger partial charge < -0.3 is 20.9 Å². The highest BCUT2D eigenvalue weighted by Crippen LogP contribution is 2.27. The number of carbonyl (C=O) groups excluding carboxylic acids is 1. The second kappa shape index (κ2) is 6.85. The number of nitrogens with two attached hydrogens (primary N) is 1. The minimum absolute atomic E-state index is 0.161. The van der Waals surface area contributed by atoms with Gasteiger partial charge in [0.2, 0.25) is 0 Å². The van der Waals surface area contributed by atoms with E-state index in [1.165, 1.54) is 0 Å². The van der Waals surface area contributed by atoms with Crippen LogP contribution in [0.25, 0.3) is 0 Å². The number of alkyl carbamates (subject to hydrolysis) is 1. The van der Waals surface area contributed by atoms with Crippen LogP contribution in [0.15, 0.2) is 23.4 Å². The van der Waals surface area contributed by atoms with Gasteiger partial charge in [0.15, 0.2) is 0 Å². The normalized spacial score (nSPS) is 23.1. The third-order valence-electron chi connectivity index (χ3n) is 3.85. The van der Waals surface area contributed by atoms with Crippen molar-refractivity contribution in [3.63, 3.8) is 0 Å². The predicted molar refractivity (Wildman–Crippen MR) is 86.6 cm³/mol. The number of aromatic amines is 1. The molecule has 2 rings (SSSR count). The molecule has 0 unspecified atom stereocenters. The quantitative estimate of drug-likeness (QED) is 0.455. The number of hydrazone groups is 1. The highest BCUT2D eigenvalue weighted by Gasteiger charge is 2.28. The Morgan fingerprint density at radius 1 is 1.36 bits per heavy atom. The summed E-state index contributed by atoms with van der Waals surface area (Å²) in [6.45, 7) is 5.59. The molecule has 0 bridgehead atoms. The molecule has 0 aliphatic heterocycles. The Hall–Kier alpha value is -1.98. The van der Waals surface area contributed by atoms with Gasteiger partial charge in [0, 0.05) is 18.2 Å². The fourth-order valence-corrected chi connectivity index (χ4v) is 2.87. The van der Waals surface area contributed by atoms with E-state index in [0.29, 0.717) is 5.92 Å². The fourth-order valence-electron chi connectivity index (χ4n) is 2.87. The summed E-state index contributed by atoms with van der Waals surface area (Å²) < 4.78 is 5.30. The lowest BCUT2D eigenvalue weighted by molar-refractivity contribution is 0.0491. The highest BCUT2D eigenvalue weighted by atomic mass is 16.6. The van der Waals surface area contributed by atoms with Crippen molar-refractivity contribution in [2.75, 3.05) is 0 Å². The van der Waals surface area contributed by atoms with Gasteiger partial charge in [-0.05, 0) is 58.6 Å². The number of nitrogens with zero attached hydrogens (tertiary/aromatic N) is 1. The molecule has 1 fully saturated rings. The molecule has 1 aliphatic rings. The fraction of sp³-hybridized carbons (Fsp3) is 0.625. The van der Waals surface area contributed by atoms with Gasteiger partial charge in [-0.2, -0.15) is 5.10 Å². The lowest BCUT2D eigenvalue weighted by Gasteiger charge is -2.30. The summed E-state index contributed by atoms with van der Waals surface area (Å²) in [4.78, 5) is 15.0. The van der Waals surface area contributed by atoms with Crippen LogP contribution in [-0.4, -0.2) is 28.4 Å². The van der Waals surface area contributed by atoms with E-state index in [0.717, 1.165) is 37.1 Å². The van der Waals surface area contributed by atoms with E-state index in [4.69, 9.17) is 10.6 Å². The second-order valence-corrected chi connectivity index (χ2v) is 6.79. The number of hydrogen-bond donors (Lipinski definition) is 3. The van der Waals surface area contributed by atoms with Crippen LogP contribution in [0.2, 0.25) is 0 Å². The molecule has 6 nitrogen and oxygen atoms in total. The number of rotatable bonds is 3. The third-order valence-corrected chi connectivity index (χ3v) is 3.85. The van der Waals surface area contributed by atoms with E-state index in [1.807, 2.05) is 39.1 Å². The maximum Gasteiger partial charge on any atom is 0.407 e. The molecule has 4 N–H and O–H groups in total. The molecular weight excluding hydrogens is 280 g/mol. The first-order chi connectivity index (χ1) is 10.4. The summed E-state index contributed by atoms with van der Waals surface area (Å²) in [5.41, 5.74) is 1.43. The summed E-state index contributed by atoms with van der Waals surface area (Å²) in [5.74, 6) is 5.89. The minimum atomic E-state index is -0.464. The van der Waals surface area contributed by atoms with Crippen LogP contribution < -0.4 is 11.2 Å². The Labute approximate surface area is 131 Å². The van der Waals surface area contributed by atoms with E-state index in [-0.39, 0.29) is 12.1 Å². The van der Waals surface area contributed by atoms with Gasteiger partial charge in [-0.1, -0.05) is 0 Å². The van der Waals surface area contributed by atoms with Crippen molar-refractivity contribution in [2.45, 2.75) is 58.1 Å². The molecule has 1 saturated carbocycles. The average molecular weight is 306 g/mol. The number of H-pyrrole nitrogens is 1. The molecule has 6 heteroatoms. The van der Waals surface area contributed by atoms with Crippen LogP contribution in [0, 0.1) is 5.92 Å². The van der Waals surface area contributed by atoms with E-state index < -0.39 is 5.60 Å². The Morgan fingerprint density at radius 2 is 2.05 bits per heavy atom. The van der Waals surface area contributed by atoms with Crippen molar-refractivity contribution in [1.29, 1.82) is 0 Å². The van der Waals surface area contributed by atoms with Crippen LogP contribution in [-0.2, 0) is 4.74 Å². The van der Waals surface area contributed by atoms with Crippen LogP contribution in [0.3, 0.4) is 0 Å². The minimum Gasteiger partial charge on any atom is -0.444 e. The summed E-state index contributed by atoms with van der Waals surface area (Å²) in [6.07, 6.45) is 5.25. The van der Waals surface area contributed by atoms with Gasteiger partial charge in [-0.3, -0.25) is 0 Å². The smallest absolute Gasteiger partial charge is 0.407 e. The van der Waals surface area contributed by atoms with Gasteiger partial charge in [-0.25, -0.2) is 4.79 Å². The van der Waals surface area contributed by atoms with Crippen molar-refractivity contribution in [1.82, 2.24) is 10.3 Å². The van der Waals surface area contributed by atoms with Gasteiger partial charge >= 0.3 is 6.09 Å². The number of nitrogens with one attached hydrogen (secondary N) is 2. The largest absolute Gasteiger partial charge is 0.444 e. The molecule has 0 atom stereocenters. The van der Waals surface area contributed by atoms with Crippen LogP contribution in [0.4, 0.5) is 4.79 Å². The topological polar surface area (TPSA) is 92.5 Å². The molecule has 0 radical (unpaired) electrons. The van der Waals surface area contributed by atoms with E-state index in [9.17, 15) is 4.79 Å². The zero-order valence-electron chi connectivity index (χ0n) is 13.6. The first kappa shape index (κ1) is 16.4. The van der Waals surface area contributed by atoms with Gasteiger partial charge in [0.25, 0.3) is 0 Å². The zero-order valence-corrected chi connectivity index (χ0v) is 13.6. The number of hydrogen-bond acceptors (Lipinski definition) is 4. The average Bonchev–Trinajstić information content (AvgIpc) is 2.93. The number of ether oxygens (including phenoxy) is 1. The standard InChI is InChI=1S/C16H26N4O2/c1-16(2,3)22-15(21)19-12-8-6-11(7-9-12)14(20-17)13-5-4-10-18-13/h4-5,10-12,18H,6-9,17H2,1-3H3,(H,19,21)/b20-14+. The molecule has 22 heavy (non-hydrogen) atoms. The van der Waals surface area contributed by atoms with Crippen LogP contribution in [0.1, 0.15) is 52.1 Å². The summed E-state index contributed by atoms with van der Waals surface area (Å²) in [6, 6.07) is 4.08. The maximum atomic E-state index is 11.8. The lowest BCUT2D eigenvalue weighted by Crippen LogP contribution is -2.41. The second-order valence-electron chi connectivity index (χ2n) is 6.79. The predicted octanol–water partition coefficient (Wildman–Crippen LogP) is 2.76. The van der Waals surface area contributed by atoms with Crippen molar-refractivity contribution in [2.24, 2.45) is 16.9 Å². The van der Waals surface area contributed by atoms with Crippen LogP contribution in [0.5, 0.6) is 0 Å². The molecule has 0 saturated heterocycles. The first-order valence-corrected chi connectivity index (χ1v) is 7.80. The number of amides is 1. The summed E-state index contributed by atoms with van der Waals surface area (Å²) >= 11 is 0. The van der Waals surface area contributed by atoms with Crippen LogP contribution >= 0.6 is 0 Å². The Bertz CT molecular complexity index is 509. The molecule has 1 heterocycles.